The van der Waals surface area contributed by atoms with Gasteiger partial charge in [0.1, 0.15) is 39.8 Å². The third-order valence-corrected chi connectivity index (χ3v) is 6.51. The van der Waals surface area contributed by atoms with Crippen LogP contribution in [-0.4, -0.2) is 30.2 Å². The molecule has 0 radical (unpaired) electrons. The maximum Gasteiger partial charge on any atom is 0.349 e. The van der Waals surface area contributed by atoms with Crippen LogP contribution in [0.25, 0.3) is 11.1 Å². The lowest BCUT2D eigenvalue weighted by Gasteiger charge is -2.12. The van der Waals surface area contributed by atoms with Gasteiger partial charge in [-0.3, -0.25) is 0 Å². The van der Waals surface area contributed by atoms with Crippen molar-refractivity contribution in [2.24, 2.45) is 5.73 Å². The second-order valence-corrected chi connectivity index (χ2v) is 9.60. The van der Waals surface area contributed by atoms with E-state index in [-0.39, 0.29) is 28.6 Å². The van der Waals surface area contributed by atoms with Gasteiger partial charge in [0.05, 0.1) is 6.61 Å². The van der Waals surface area contributed by atoms with Crippen LogP contribution in [0.4, 0.5) is 23.2 Å². The van der Waals surface area contributed by atoms with E-state index in [9.17, 15) is 32.3 Å². The van der Waals surface area contributed by atoms with E-state index >= 15 is 0 Å². The predicted molar refractivity (Wildman–Crippen MR) is 154 cm³/mol. The Balaban J connectivity index is 1.39. The Labute approximate surface area is 249 Å². The first-order chi connectivity index (χ1) is 21.1. The van der Waals surface area contributed by atoms with E-state index in [4.69, 9.17) is 25.7 Å². The summed E-state index contributed by atoms with van der Waals surface area (Å²) >= 11 is 0. The predicted octanol–water partition coefficient (Wildman–Crippen LogP) is 6.53. The van der Waals surface area contributed by atoms with Crippen LogP contribution in [-0.2, 0) is 0 Å². The van der Waals surface area contributed by atoms with Crippen LogP contribution in [0.3, 0.4) is 0 Å². The molecular formula is C32H28F4N2O6. The number of unbranched alkanes of at least 4 members (excludes halogenated alkanes) is 3. The average Bonchev–Trinajstić information content (AvgIpc) is 3.01. The number of nitrogen functional groups attached to an aromatic ring is 1. The van der Waals surface area contributed by atoms with Gasteiger partial charge in [-0.1, -0.05) is 37.1 Å². The summed E-state index contributed by atoms with van der Waals surface area (Å²) in [6.07, 6.45) is 3.57. The van der Waals surface area contributed by atoms with Crippen LogP contribution in [0, 0.1) is 23.3 Å². The highest BCUT2D eigenvalue weighted by Crippen LogP contribution is 2.30. The van der Waals surface area contributed by atoms with Crippen molar-refractivity contribution in [3.63, 3.8) is 0 Å². The molecule has 5 N–H and O–H groups in total. The molecule has 4 aromatic carbocycles. The van der Waals surface area contributed by atoms with Crippen molar-refractivity contribution in [1.82, 2.24) is 0 Å². The number of phenols is 1. The molecule has 0 aliphatic rings. The minimum Gasteiger partial charge on any atom is -0.508 e. The van der Waals surface area contributed by atoms with Gasteiger partial charge in [-0.2, -0.15) is 0 Å². The summed E-state index contributed by atoms with van der Waals surface area (Å²) in [5.74, 6) is -9.85. The molecule has 230 valence electrons. The first kappa shape index (κ1) is 31.8. The Bertz CT molecular complexity index is 1620. The highest BCUT2D eigenvalue weighted by Gasteiger charge is 2.29. The van der Waals surface area contributed by atoms with Crippen molar-refractivity contribution in [1.29, 1.82) is 0 Å². The topological polar surface area (TPSA) is 134 Å². The Morgan fingerprint density at radius 3 is 1.75 bits per heavy atom. The zero-order chi connectivity index (χ0) is 31.8. The quantitative estimate of drug-likeness (QED) is 0.0411. The van der Waals surface area contributed by atoms with Gasteiger partial charge < -0.3 is 30.8 Å². The normalized spacial score (nSPS) is 10.8. The van der Waals surface area contributed by atoms with E-state index in [0.29, 0.717) is 24.3 Å². The number of esters is 2. The lowest BCUT2D eigenvalue weighted by atomic mass is 10.1. The van der Waals surface area contributed by atoms with Gasteiger partial charge in [-0.05, 0) is 66.9 Å². The molecule has 0 aliphatic heterocycles. The van der Waals surface area contributed by atoms with Crippen LogP contribution in [0.5, 0.6) is 23.0 Å². The Hall–Kier alpha value is -5.10. The molecule has 0 heterocycles. The minimum atomic E-state index is -1.97. The number of carbonyl (C=O) groups is 2. The van der Waals surface area contributed by atoms with Crippen molar-refractivity contribution >= 4 is 17.6 Å². The molecular weight excluding hydrogens is 584 g/mol. The first-order valence-corrected chi connectivity index (χ1v) is 13.5. The molecule has 0 aromatic heterocycles. The molecule has 0 saturated carbocycles. The van der Waals surface area contributed by atoms with Crippen molar-refractivity contribution in [3.05, 3.63) is 101 Å². The first-order valence-electron chi connectivity index (χ1n) is 13.5. The molecule has 44 heavy (non-hydrogen) atoms. The highest BCUT2D eigenvalue weighted by atomic mass is 19.2. The standard InChI is InChI=1S/C32H28F4N2O6/c33-26-25(27(34)29(36)30(38)28(26)35)32(41)44-22-12-7-19(8-13-22)18-5-10-21(11-6-18)43-31(40)23-14-9-20(39)17-24(23)42-16-4-2-1-3-15-37/h5-14,17,39H,1-4,15-16,37-38H2. The van der Waals surface area contributed by atoms with Crippen molar-refractivity contribution in [3.8, 4) is 34.1 Å². The van der Waals surface area contributed by atoms with Crippen LogP contribution >= 0.6 is 0 Å². The van der Waals surface area contributed by atoms with E-state index < -0.39 is 46.5 Å². The average molecular weight is 613 g/mol. The summed E-state index contributed by atoms with van der Waals surface area (Å²) in [4.78, 5) is 25.1. The van der Waals surface area contributed by atoms with E-state index in [2.05, 4.69) is 0 Å². The van der Waals surface area contributed by atoms with E-state index in [1.807, 2.05) is 0 Å². The second-order valence-electron chi connectivity index (χ2n) is 9.60. The number of rotatable bonds is 12. The highest BCUT2D eigenvalue weighted by molar-refractivity contribution is 5.94. The smallest absolute Gasteiger partial charge is 0.349 e. The summed E-state index contributed by atoms with van der Waals surface area (Å²) in [6.45, 7) is 0.980. The molecule has 0 amide bonds. The number of nitrogens with two attached hydrogens (primary N) is 2. The summed E-state index contributed by atoms with van der Waals surface area (Å²) in [5, 5.41) is 9.85. The Kier molecular flexibility index (Phi) is 10.4. The molecule has 0 spiro atoms. The van der Waals surface area contributed by atoms with E-state index in [0.717, 1.165) is 25.7 Å². The fourth-order valence-electron chi connectivity index (χ4n) is 4.16. The van der Waals surface area contributed by atoms with Crippen molar-refractivity contribution in [2.45, 2.75) is 25.7 Å². The van der Waals surface area contributed by atoms with Gasteiger partial charge in [0.2, 0.25) is 0 Å². The number of phenolic OH excluding ortho intramolecular Hbond substituents is 1. The fourth-order valence-corrected chi connectivity index (χ4v) is 4.16. The molecule has 0 aliphatic carbocycles. The van der Waals surface area contributed by atoms with Gasteiger partial charge in [0, 0.05) is 6.07 Å². The van der Waals surface area contributed by atoms with Gasteiger partial charge in [0.15, 0.2) is 23.3 Å². The Morgan fingerprint density at radius 1 is 0.682 bits per heavy atom. The van der Waals surface area contributed by atoms with Crippen LogP contribution in [0.2, 0.25) is 0 Å². The second kappa shape index (κ2) is 14.4. The van der Waals surface area contributed by atoms with E-state index in [1.54, 1.807) is 24.3 Å². The lowest BCUT2D eigenvalue weighted by Crippen LogP contribution is -2.17. The molecule has 4 rings (SSSR count). The zero-order valence-electron chi connectivity index (χ0n) is 23.2. The summed E-state index contributed by atoms with van der Waals surface area (Å²) in [6, 6.07) is 16.2. The lowest BCUT2D eigenvalue weighted by molar-refractivity contribution is 0.0715. The molecule has 0 atom stereocenters. The maximum absolute atomic E-state index is 14.1. The van der Waals surface area contributed by atoms with Gasteiger partial charge in [0.25, 0.3) is 0 Å². The summed E-state index contributed by atoms with van der Waals surface area (Å²) in [5.41, 5.74) is 8.96. The van der Waals surface area contributed by atoms with E-state index in [1.165, 1.54) is 42.5 Å². The maximum atomic E-state index is 14.1. The third-order valence-electron chi connectivity index (χ3n) is 6.51. The van der Waals surface area contributed by atoms with Crippen LogP contribution < -0.4 is 25.7 Å². The number of hydrogen-bond acceptors (Lipinski definition) is 8. The van der Waals surface area contributed by atoms with Crippen LogP contribution in [0.1, 0.15) is 46.4 Å². The summed E-state index contributed by atoms with van der Waals surface area (Å²) < 4.78 is 71.7. The van der Waals surface area contributed by atoms with Gasteiger partial charge in [-0.25, -0.2) is 27.2 Å². The zero-order valence-corrected chi connectivity index (χ0v) is 23.2. The van der Waals surface area contributed by atoms with Gasteiger partial charge >= 0.3 is 11.9 Å². The monoisotopic (exact) mass is 612 g/mol. The molecule has 8 nitrogen and oxygen atoms in total. The number of aromatic hydroxyl groups is 1. The van der Waals surface area contributed by atoms with Crippen molar-refractivity contribution < 1.29 is 46.5 Å². The third kappa shape index (κ3) is 7.45. The number of hydrogen-bond donors (Lipinski definition) is 3. The fraction of sp³-hybridized carbons (Fsp3) is 0.188. The Morgan fingerprint density at radius 2 is 1.20 bits per heavy atom. The SMILES string of the molecule is NCCCCCCOc1cc(O)ccc1C(=O)Oc1ccc(-c2ccc(OC(=O)c3c(F)c(F)c(N)c(F)c3F)cc2)cc1. The molecule has 4 aromatic rings. The molecule has 0 unspecified atom stereocenters. The van der Waals surface area contributed by atoms with Gasteiger partial charge in [-0.15, -0.1) is 0 Å². The number of ether oxygens (including phenoxy) is 3. The number of benzene rings is 4. The molecule has 0 fully saturated rings. The van der Waals surface area contributed by atoms with Crippen LogP contribution in [0.15, 0.2) is 66.7 Å². The summed E-state index contributed by atoms with van der Waals surface area (Å²) in [7, 11) is 0. The molecule has 0 bridgehead atoms. The number of carbonyl (C=O) groups excluding carboxylic acids is 2. The number of anilines is 1. The van der Waals surface area contributed by atoms with Crippen molar-refractivity contribution in [2.75, 3.05) is 18.9 Å². The molecule has 12 heteroatoms. The minimum absolute atomic E-state index is 0.0582. The largest absolute Gasteiger partial charge is 0.508 e. The molecule has 0 saturated heterocycles. The number of halogens is 4.